The topological polar surface area (TPSA) is 81.1 Å². The van der Waals surface area contributed by atoms with E-state index in [0.29, 0.717) is 13.0 Å². The number of benzene rings is 2. The quantitative estimate of drug-likeness (QED) is 0.648. The first-order valence-electron chi connectivity index (χ1n) is 8.23. The van der Waals surface area contributed by atoms with E-state index in [-0.39, 0.29) is 17.0 Å². The molecule has 0 aliphatic heterocycles. The van der Waals surface area contributed by atoms with Crippen molar-refractivity contribution in [3.63, 3.8) is 0 Å². The molecule has 3 aromatic rings. The van der Waals surface area contributed by atoms with Crippen LogP contribution in [-0.2, 0) is 16.6 Å². The molecule has 1 N–H and O–H groups in total. The van der Waals surface area contributed by atoms with Crippen LogP contribution in [0.2, 0.25) is 0 Å². The fraction of sp³-hybridized carbons (Fsp3) is 0.158. The highest BCUT2D eigenvalue weighted by atomic mass is 32.2. The van der Waals surface area contributed by atoms with E-state index in [1.54, 1.807) is 30.3 Å². The first kappa shape index (κ1) is 18.0. The van der Waals surface area contributed by atoms with E-state index in [4.69, 9.17) is 0 Å². The summed E-state index contributed by atoms with van der Waals surface area (Å²) in [6.07, 6.45) is 2.00. The molecule has 0 bridgehead atoms. The molecule has 0 fully saturated rings. The number of nitrogens with one attached hydrogen (secondary N) is 1. The van der Waals surface area contributed by atoms with Crippen LogP contribution in [0.5, 0.6) is 0 Å². The lowest BCUT2D eigenvalue weighted by Crippen LogP contribution is -2.27. The number of sulfonamides is 1. The first-order valence-corrected chi connectivity index (χ1v) is 9.72. The monoisotopic (exact) mass is 369 g/mol. The highest BCUT2D eigenvalue weighted by molar-refractivity contribution is 7.89. The van der Waals surface area contributed by atoms with E-state index >= 15 is 0 Å². The molecule has 134 valence electrons. The second-order valence-electron chi connectivity index (χ2n) is 5.73. The lowest BCUT2D eigenvalue weighted by molar-refractivity contribution is 0.535. The molecule has 6 nitrogen and oxygen atoms in total. The van der Waals surface area contributed by atoms with Crippen molar-refractivity contribution in [3.8, 4) is 11.1 Å². The van der Waals surface area contributed by atoms with Crippen LogP contribution in [0.4, 0.5) is 0 Å². The van der Waals surface area contributed by atoms with E-state index in [0.717, 1.165) is 11.1 Å². The summed E-state index contributed by atoms with van der Waals surface area (Å²) in [5.74, 6) is 0. The Kier molecular flexibility index (Phi) is 5.60. The molecule has 0 aliphatic carbocycles. The third kappa shape index (κ3) is 4.44. The van der Waals surface area contributed by atoms with Crippen molar-refractivity contribution in [1.82, 2.24) is 14.5 Å². The largest absolute Gasteiger partial charge is 0.268 e. The second-order valence-corrected chi connectivity index (χ2v) is 7.49. The maximum absolute atomic E-state index is 12.4. The molecule has 7 heteroatoms. The molecule has 0 amide bonds. The van der Waals surface area contributed by atoms with Gasteiger partial charge in [0.05, 0.1) is 4.90 Å². The lowest BCUT2D eigenvalue weighted by Gasteiger charge is -2.08. The Morgan fingerprint density at radius 3 is 2.27 bits per heavy atom. The predicted molar refractivity (Wildman–Crippen MR) is 100 cm³/mol. The zero-order valence-electron chi connectivity index (χ0n) is 14.1. The Hall–Kier alpha value is -2.77. The summed E-state index contributed by atoms with van der Waals surface area (Å²) in [5.41, 5.74) is 1.79. The Bertz CT molecular complexity index is 1010. The number of hydrogen-bond donors (Lipinski definition) is 1. The summed E-state index contributed by atoms with van der Waals surface area (Å²) in [5, 5.41) is 3.94. The SMILES string of the molecule is O=c1cccnn1CCCNS(=O)(=O)c1ccc(-c2ccccc2)cc1. The van der Waals surface area contributed by atoms with Crippen molar-refractivity contribution in [2.45, 2.75) is 17.9 Å². The molecule has 0 radical (unpaired) electrons. The van der Waals surface area contributed by atoms with Crippen LogP contribution in [0.1, 0.15) is 6.42 Å². The van der Waals surface area contributed by atoms with Gasteiger partial charge in [-0.25, -0.2) is 17.8 Å². The molecule has 1 heterocycles. The third-order valence-electron chi connectivity index (χ3n) is 3.90. The van der Waals surface area contributed by atoms with Gasteiger partial charge in [0.1, 0.15) is 0 Å². The number of nitrogens with zero attached hydrogens (tertiary/aromatic N) is 2. The molecular weight excluding hydrogens is 350 g/mol. The molecule has 1 aromatic heterocycles. The Morgan fingerprint density at radius 1 is 0.885 bits per heavy atom. The van der Waals surface area contributed by atoms with E-state index in [1.807, 2.05) is 30.3 Å². The van der Waals surface area contributed by atoms with Gasteiger partial charge in [-0.1, -0.05) is 42.5 Å². The molecular formula is C19H19N3O3S. The van der Waals surface area contributed by atoms with Gasteiger partial charge < -0.3 is 0 Å². The van der Waals surface area contributed by atoms with Gasteiger partial charge >= 0.3 is 0 Å². The smallest absolute Gasteiger partial charge is 0.266 e. The fourth-order valence-electron chi connectivity index (χ4n) is 2.53. The molecule has 26 heavy (non-hydrogen) atoms. The molecule has 0 saturated heterocycles. The van der Waals surface area contributed by atoms with E-state index in [2.05, 4.69) is 9.82 Å². The normalized spacial score (nSPS) is 11.4. The van der Waals surface area contributed by atoms with Gasteiger partial charge in [0.15, 0.2) is 0 Å². The van der Waals surface area contributed by atoms with Gasteiger partial charge in [0.25, 0.3) is 5.56 Å². The van der Waals surface area contributed by atoms with Crippen LogP contribution in [0.25, 0.3) is 11.1 Å². The van der Waals surface area contributed by atoms with Crippen LogP contribution in [-0.4, -0.2) is 24.7 Å². The van der Waals surface area contributed by atoms with Crippen molar-refractivity contribution >= 4 is 10.0 Å². The molecule has 0 spiro atoms. The zero-order chi connectivity index (χ0) is 18.4. The van der Waals surface area contributed by atoms with Crippen LogP contribution >= 0.6 is 0 Å². The summed E-state index contributed by atoms with van der Waals surface area (Å²) in [4.78, 5) is 11.8. The van der Waals surface area contributed by atoms with Crippen molar-refractivity contribution in [3.05, 3.63) is 83.3 Å². The predicted octanol–water partition coefficient (Wildman–Crippen LogP) is 2.28. The Labute approximate surface area is 152 Å². The van der Waals surface area contributed by atoms with Crippen molar-refractivity contribution in [2.24, 2.45) is 0 Å². The van der Waals surface area contributed by atoms with E-state index in [9.17, 15) is 13.2 Å². The van der Waals surface area contributed by atoms with Gasteiger partial charge in [-0.05, 0) is 35.7 Å². The number of rotatable bonds is 7. The summed E-state index contributed by atoms with van der Waals surface area (Å²) < 4.78 is 28.6. The first-order chi connectivity index (χ1) is 12.6. The zero-order valence-corrected chi connectivity index (χ0v) is 14.9. The molecule has 0 saturated carbocycles. The van der Waals surface area contributed by atoms with Crippen molar-refractivity contribution < 1.29 is 8.42 Å². The molecule has 2 aromatic carbocycles. The van der Waals surface area contributed by atoms with Gasteiger partial charge in [0.2, 0.25) is 10.0 Å². The van der Waals surface area contributed by atoms with Crippen LogP contribution in [0.15, 0.2) is 82.6 Å². The Morgan fingerprint density at radius 2 is 1.58 bits per heavy atom. The average molecular weight is 369 g/mol. The molecule has 3 rings (SSSR count). The van der Waals surface area contributed by atoms with Crippen LogP contribution < -0.4 is 10.3 Å². The van der Waals surface area contributed by atoms with Crippen molar-refractivity contribution in [1.29, 1.82) is 0 Å². The van der Waals surface area contributed by atoms with Gasteiger partial charge in [-0.3, -0.25) is 4.79 Å². The summed E-state index contributed by atoms with van der Waals surface area (Å²) >= 11 is 0. The summed E-state index contributed by atoms with van der Waals surface area (Å²) in [6, 6.07) is 19.5. The summed E-state index contributed by atoms with van der Waals surface area (Å²) in [6.45, 7) is 0.584. The van der Waals surface area contributed by atoms with E-state index < -0.39 is 10.0 Å². The molecule has 0 unspecified atom stereocenters. The minimum absolute atomic E-state index is 0.202. The lowest BCUT2D eigenvalue weighted by atomic mass is 10.1. The Balaban J connectivity index is 1.59. The number of aryl methyl sites for hydroxylation is 1. The van der Waals surface area contributed by atoms with Crippen molar-refractivity contribution in [2.75, 3.05) is 6.54 Å². The summed E-state index contributed by atoms with van der Waals surface area (Å²) in [7, 11) is -3.58. The highest BCUT2D eigenvalue weighted by Gasteiger charge is 2.13. The molecule has 0 aliphatic rings. The van der Waals surface area contributed by atoms with Crippen LogP contribution in [0, 0.1) is 0 Å². The van der Waals surface area contributed by atoms with Gasteiger partial charge in [-0.2, -0.15) is 5.10 Å². The average Bonchev–Trinajstić information content (AvgIpc) is 2.67. The maximum Gasteiger partial charge on any atom is 0.266 e. The van der Waals surface area contributed by atoms with Gasteiger partial charge in [-0.15, -0.1) is 0 Å². The van der Waals surface area contributed by atoms with Gasteiger partial charge in [0, 0.05) is 25.4 Å². The highest BCUT2D eigenvalue weighted by Crippen LogP contribution is 2.20. The van der Waals surface area contributed by atoms with E-state index in [1.165, 1.54) is 16.9 Å². The standard InChI is InChI=1S/C19H19N3O3S/c23-19-8-4-13-20-22(19)15-5-14-21-26(24,25)18-11-9-17(10-12-18)16-6-2-1-3-7-16/h1-4,6-13,21H,5,14-15H2. The maximum atomic E-state index is 12.4. The third-order valence-corrected chi connectivity index (χ3v) is 5.37. The second kappa shape index (κ2) is 8.07. The fourth-order valence-corrected chi connectivity index (χ4v) is 3.61. The minimum Gasteiger partial charge on any atom is -0.268 e. The number of hydrogen-bond acceptors (Lipinski definition) is 4. The minimum atomic E-state index is -3.58. The van der Waals surface area contributed by atoms with Crippen LogP contribution in [0.3, 0.4) is 0 Å². The number of aromatic nitrogens is 2. The molecule has 0 atom stereocenters.